The number of hydrogen-bond donors (Lipinski definition) is 7. The number of nitrogens with zero attached hydrogens (tertiary/aromatic N) is 1. The van der Waals surface area contributed by atoms with Gasteiger partial charge in [-0.1, -0.05) is 31.2 Å². The number of rotatable bonds is 6. The molecule has 1 heterocycles. The van der Waals surface area contributed by atoms with E-state index in [9.17, 15) is 20.1 Å². The Morgan fingerprint density at radius 3 is 2.14 bits per heavy atom. The van der Waals surface area contributed by atoms with Crippen molar-refractivity contribution in [3.8, 4) is 0 Å². The van der Waals surface area contributed by atoms with Crippen molar-refractivity contribution >= 4 is 11.7 Å². The van der Waals surface area contributed by atoms with E-state index in [-0.39, 0.29) is 30.6 Å². The summed E-state index contributed by atoms with van der Waals surface area (Å²) in [6.45, 7) is 3.82. The first-order chi connectivity index (χ1) is 13.3. The van der Waals surface area contributed by atoms with Gasteiger partial charge in [0.1, 0.15) is 18.3 Å². The molecule has 0 aliphatic carbocycles. The quantitative estimate of drug-likeness (QED) is 0.336. The summed E-state index contributed by atoms with van der Waals surface area (Å²) in [7, 11) is 1.51. The molecule has 160 valence electrons. The molecule has 2 rings (SSSR count). The van der Waals surface area contributed by atoms with E-state index >= 15 is 0 Å². The number of ether oxygens (including phenoxy) is 1. The van der Waals surface area contributed by atoms with Gasteiger partial charge >= 0.3 is 6.03 Å². The number of aliphatic hydroxyl groups excluding tert-OH is 3. The topological polar surface area (TPSA) is 155 Å². The number of carbonyl (C=O) groups is 1. The minimum atomic E-state index is -1.40. The molecule has 1 aliphatic heterocycles. The van der Waals surface area contributed by atoms with E-state index in [0.717, 1.165) is 5.56 Å². The summed E-state index contributed by atoms with van der Waals surface area (Å²) in [6, 6.07) is 6.54. The molecule has 0 bridgehead atoms. The van der Waals surface area contributed by atoms with Crippen LogP contribution in [0.1, 0.15) is 25.8 Å². The average Bonchev–Trinajstić information content (AvgIpc) is 2.70. The summed E-state index contributed by atoms with van der Waals surface area (Å²) < 4.78 is 5.66. The predicted molar refractivity (Wildman–Crippen MR) is 101 cm³/mol. The molecule has 5 atom stereocenters. The van der Waals surface area contributed by atoms with Crippen LogP contribution in [0.2, 0.25) is 0 Å². The molecule has 1 fully saturated rings. The number of aliphatic hydroxyl groups is 3. The molecule has 10 heteroatoms. The second kappa shape index (κ2) is 11.9. The van der Waals surface area contributed by atoms with Crippen molar-refractivity contribution in [2.45, 2.75) is 57.2 Å². The summed E-state index contributed by atoms with van der Waals surface area (Å²) in [4.78, 5) is 11.3. The first-order valence-corrected chi connectivity index (χ1v) is 9.24. The van der Waals surface area contributed by atoms with Crippen LogP contribution in [0.25, 0.3) is 0 Å². The normalized spacial score (nSPS) is 27.0. The van der Waals surface area contributed by atoms with Crippen molar-refractivity contribution in [3.63, 3.8) is 0 Å². The maximum atomic E-state index is 11.3. The number of benzene rings is 1. The maximum Gasteiger partial charge on any atom is 0.318 e. The molecule has 2 amide bonds. The fourth-order valence-electron chi connectivity index (χ4n) is 2.83. The van der Waals surface area contributed by atoms with Crippen LogP contribution >= 0.6 is 0 Å². The molecule has 0 spiro atoms. The van der Waals surface area contributed by atoms with Crippen LogP contribution in [-0.2, 0) is 11.2 Å². The lowest BCUT2D eigenvalue weighted by Crippen LogP contribution is -2.58. The zero-order valence-corrected chi connectivity index (χ0v) is 16.3. The SMILES string of the molecule is CC.CNC(=O)Nc1ccc(C[C@H]2OC(CCN(O)O)[C@@H](O)C(O)C2O)cc1. The van der Waals surface area contributed by atoms with E-state index in [1.165, 1.54) is 7.05 Å². The molecule has 3 unspecified atom stereocenters. The van der Waals surface area contributed by atoms with E-state index in [1.54, 1.807) is 24.3 Å². The van der Waals surface area contributed by atoms with Gasteiger partial charge in [0.15, 0.2) is 0 Å². The molecule has 28 heavy (non-hydrogen) atoms. The zero-order valence-electron chi connectivity index (χ0n) is 16.3. The van der Waals surface area contributed by atoms with Gasteiger partial charge in [0.25, 0.3) is 0 Å². The third kappa shape index (κ3) is 6.99. The Morgan fingerprint density at radius 1 is 1.04 bits per heavy atom. The van der Waals surface area contributed by atoms with E-state index in [0.29, 0.717) is 5.69 Å². The number of carbonyl (C=O) groups excluding carboxylic acids is 1. The third-order valence-corrected chi connectivity index (χ3v) is 4.30. The first-order valence-electron chi connectivity index (χ1n) is 9.24. The van der Waals surface area contributed by atoms with Crippen LogP contribution in [-0.4, -0.2) is 81.1 Å². The van der Waals surface area contributed by atoms with Crippen LogP contribution in [0, 0.1) is 0 Å². The highest BCUT2D eigenvalue weighted by Crippen LogP contribution is 2.26. The first kappa shape index (κ1) is 24.2. The van der Waals surface area contributed by atoms with Gasteiger partial charge in [-0.2, -0.15) is 0 Å². The van der Waals surface area contributed by atoms with Gasteiger partial charge in [0.05, 0.1) is 18.8 Å². The fourth-order valence-corrected chi connectivity index (χ4v) is 2.83. The Bertz CT molecular complexity index is 585. The molecule has 1 aromatic carbocycles. The smallest absolute Gasteiger partial charge is 0.318 e. The van der Waals surface area contributed by atoms with Crippen molar-refractivity contribution < 1.29 is 35.3 Å². The van der Waals surface area contributed by atoms with E-state index in [4.69, 9.17) is 15.2 Å². The average molecular weight is 401 g/mol. The van der Waals surface area contributed by atoms with Gasteiger partial charge in [-0.3, -0.25) is 10.4 Å². The van der Waals surface area contributed by atoms with Crippen LogP contribution in [0.15, 0.2) is 24.3 Å². The summed E-state index contributed by atoms with van der Waals surface area (Å²) in [5.41, 5.74) is 1.39. The molecule has 7 N–H and O–H groups in total. The fraction of sp³-hybridized carbons (Fsp3) is 0.611. The predicted octanol–water partition coefficient (Wildman–Crippen LogP) is 0.327. The molecule has 0 radical (unpaired) electrons. The van der Waals surface area contributed by atoms with Crippen LogP contribution in [0.3, 0.4) is 0 Å². The van der Waals surface area contributed by atoms with Gasteiger partial charge in [-0.25, -0.2) is 4.79 Å². The van der Waals surface area contributed by atoms with Crippen molar-refractivity contribution in [3.05, 3.63) is 29.8 Å². The van der Waals surface area contributed by atoms with Gasteiger partial charge in [-0.15, -0.1) is 0 Å². The molecule has 10 nitrogen and oxygen atoms in total. The summed E-state index contributed by atoms with van der Waals surface area (Å²) in [5.74, 6) is 0. The highest BCUT2D eigenvalue weighted by molar-refractivity contribution is 5.88. The Balaban J connectivity index is 0.00000190. The molecular formula is C18H31N3O7. The molecular weight excluding hydrogens is 370 g/mol. The van der Waals surface area contributed by atoms with E-state index in [2.05, 4.69) is 10.6 Å². The number of nitrogens with one attached hydrogen (secondary N) is 2. The number of urea groups is 1. The molecule has 1 saturated heterocycles. The summed E-state index contributed by atoms with van der Waals surface area (Å²) in [6.07, 6.45) is -5.33. The van der Waals surface area contributed by atoms with Gasteiger partial charge in [-0.05, 0) is 24.1 Å². The Morgan fingerprint density at radius 2 is 1.61 bits per heavy atom. The maximum absolute atomic E-state index is 11.3. The second-order valence-corrected chi connectivity index (χ2v) is 6.17. The minimum Gasteiger partial charge on any atom is -0.388 e. The van der Waals surface area contributed by atoms with Crippen LogP contribution < -0.4 is 10.6 Å². The van der Waals surface area contributed by atoms with E-state index in [1.807, 2.05) is 13.8 Å². The van der Waals surface area contributed by atoms with Crippen molar-refractivity contribution in [2.75, 3.05) is 18.9 Å². The van der Waals surface area contributed by atoms with Gasteiger partial charge < -0.3 is 30.7 Å². The number of hydrogen-bond acceptors (Lipinski definition) is 8. The van der Waals surface area contributed by atoms with Crippen LogP contribution in [0.4, 0.5) is 10.5 Å². The van der Waals surface area contributed by atoms with Crippen molar-refractivity contribution in [1.82, 2.24) is 10.5 Å². The van der Waals surface area contributed by atoms with E-state index < -0.39 is 30.5 Å². The zero-order chi connectivity index (χ0) is 21.3. The molecule has 0 aromatic heterocycles. The third-order valence-electron chi connectivity index (χ3n) is 4.30. The van der Waals surface area contributed by atoms with Crippen molar-refractivity contribution in [1.29, 1.82) is 0 Å². The van der Waals surface area contributed by atoms with Gasteiger partial charge in [0, 0.05) is 19.2 Å². The minimum absolute atomic E-state index is 0.0271. The monoisotopic (exact) mass is 401 g/mol. The Labute approximate surface area is 164 Å². The lowest BCUT2D eigenvalue weighted by atomic mass is 9.90. The Hall–Kier alpha value is -1.79. The lowest BCUT2D eigenvalue weighted by molar-refractivity contribution is -0.312. The second-order valence-electron chi connectivity index (χ2n) is 6.17. The summed E-state index contributed by atoms with van der Waals surface area (Å²) >= 11 is 0. The summed E-state index contributed by atoms with van der Waals surface area (Å²) in [5, 5.41) is 52.8. The molecule has 1 aliphatic rings. The largest absolute Gasteiger partial charge is 0.388 e. The molecule has 1 aromatic rings. The number of anilines is 1. The standard InChI is InChI=1S/C16H25N3O7.C2H6/c1-17-16(23)18-10-4-2-9(3-5-10)8-12-14(21)15(22)13(20)11(26-12)6-7-19(24)25;1-2/h2-5,11-15,20-22,24-25H,6-8H2,1H3,(H2,17,18,23);1-2H3/t11?,12-,13-,14?,15?;/m1./s1. The van der Waals surface area contributed by atoms with Crippen molar-refractivity contribution in [2.24, 2.45) is 0 Å². The van der Waals surface area contributed by atoms with Crippen LogP contribution in [0.5, 0.6) is 0 Å². The lowest BCUT2D eigenvalue weighted by Gasteiger charge is -2.41. The Kier molecular flexibility index (Phi) is 10.3. The highest BCUT2D eigenvalue weighted by atomic mass is 16.8. The number of hydroxylamine groups is 2. The number of amides is 2. The van der Waals surface area contributed by atoms with Gasteiger partial charge in [0.2, 0.25) is 0 Å². The highest BCUT2D eigenvalue weighted by Gasteiger charge is 2.43. The molecule has 0 saturated carbocycles.